The van der Waals surface area contributed by atoms with Crippen molar-refractivity contribution in [1.82, 2.24) is 0 Å². The van der Waals surface area contributed by atoms with Crippen molar-refractivity contribution < 1.29 is 18.3 Å². The molecule has 1 aliphatic rings. The fourth-order valence-corrected chi connectivity index (χ4v) is 2.01. The number of ether oxygens (including phenoxy) is 1. The Morgan fingerprint density at radius 3 is 2.55 bits per heavy atom. The predicted molar refractivity (Wildman–Crippen MR) is 75.6 cm³/mol. The van der Waals surface area contributed by atoms with E-state index >= 15 is 0 Å². The molecule has 1 aliphatic carbocycles. The molecule has 0 saturated carbocycles. The summed E-state index contributed by atoms with van der Waals surface area (Å²) in [5, 5.41) is 2.67. The first-order chi connectivity index (χ1) is 9.52. The Morgan fingerprint density at radius 2 is 2.00 bits per heavy atom. The van der Waals surface area contributed by atoms with Crippen LogP contribution < -0.4 is 5.32 Å². The van der Waals surface area contributed by atoms with Gasteiger partial charge in [-0.15, -0.1) is 0 Å². The average Bonchev–Trinajstić information content (AvgIpc) is 2.43. The number of carbonyl (C=O) groups excluding carboxylic acids is 1. The van der Waals surface area contributed by atoms with Gasteiger partial charge in [0.15, 0.2) is 0 Å². The number of carbonyl (C=O) groups is 1. The van der Waals surface area contributed by atoms with Crippen LogP contribution in [0.4, 0.5) is 14.5 Å². The minimum atomic E-state index is -0.705. The zero-order valence-corrected chi connectivity index (χ0v) is 11.3. The van der Waals surface area contributed by atoms with Gasteiger partial charge in [-0.25, -0.2) is 13.6 Å². The number of halogens is 2. The van der Waals surface area contributed by atoms with Crippen molar-refractivity contribution in [3.05, 3.63) is 53.6 Å². The molecule has 0 aromatic heterocycles. The van der Waals surface area contributed by atoms with Crippen molar-refractivity contribution in [2.75, 3.05) is 12.4 Å². The molecule has 0 amide bonds. The molecule has 0 heterocycles. The van der Waals surface area contributed by atoms with Crippen molar-refractivity contribution in [3.63, 3.8) is 0 Å². The summed E-state index contributed by atoms with van der Waals surface area (Å²) in [6, 6.07) is 3.01. The van der Waals surface area contributed by atoms with Crippen LogP contribution in [0.5, 0.6) is 0 Å². The molecule has 2 rings (SSSR count). The van der Waals surface area contributed by atoms with Gasteiger partial charge in [-0.05, 0) is 24.3 Å². The van der Waals surface area contributed by atoms with Gasteiger partial charge < -0.3 is 10.1 Å². The maximum Gasteiger partial charge on any atom is 0.337 e. The lowest BCUT2D eigenvalue weighted by Crippen LogP contribution is -2.28. The number of hydrogen-bond acceptors (Lipinski definition) is 4. The van der Waals surface area contributed by atoms with E-state index in [1.165, 1.54) is 25.3 Å². The molecule has 0 fully saturated rings. The van der Waals surface area contributed by atoms with E-state index in [0.29, 0.717) is 10.4 Å². The lowest BCUT2D eigenvalue weighted by atomic mass is 10.0. The highest BCUT2D eigenvalue weighted by Crippen LogP contribution is 2.21. The Labute approximate surface area is 119 Å². The monoisotopic (exact) mass is 295 g/mol. The van der Waals surface area contributed by atoms with Crippen LogP contribution in [0.15, 0.2) is 42.0 Å². The number of thiocarbonyl (C=S) groups is 1. The van der Waals surface area contributed by atoms with Gasteiger partial charge in [-0.2, -0.15) is 0 Å². The van der Waals surface area contributed by atoms with E-state index in [1.54, 1.807) is 6.08 Å². The molecule has 104 valence electrons. The quantitative estimate of drug-likeness (QED) is 0.687. The van der Waals surface area contributed by atoms with Crippen molar-refractivity contribution in [3.8, 4) is 0 Å². The van der Waals surface area contributed by atoms with Crippen molar-refractivity contribution in [2.24, 2.45) is 0 Å². The summed E-state index contributed by atoms with van der Waals surface area (Å²) in [4.78, 5) is 11.7. The van der Waals surface area contributed by atoms with E-state index in [1.807, 2.05) is 0 Å². The first kappa shape index (κ1) is 14.3. The molecular formula is C14H11F2NO2S. The molecule has 1 atom stereocenters. The smallest absolute Gasteiger partial charge is 0.337 e. The Kier molecular flexibility index (Phi) is 4.24. The molecule has 3 nitrogen and oxygen atoms in total. The molecule has 0 radical (unpaired) electrons. The molecule has 6 heteroatoms. The van der Waals surface area contributed by atoms with Crippen molar-refractivity contribution in [1.29, 1.82) is 0 Å². The Balaban J connectivity index is 2.18. The second-order valence-corrected chi connectivity index (χ2v) is 4.54. The van der Waals surface area contributed by atoms with Gasteiger partial charge in [0, 0.05) is 4.86 Å². The Bertz CT molecular complexity index is 605. The van der Waals surface area contributed by atoms with E-state index in [4.69, 9.17) is 12.2 Å². The maximum atomic E-state index is 13.5. The lowest BCUT2D eigenvalue weighted by molar-refractivity contribution is -0.135. The summed E-state index contributed by atoms with van der Waals surface area (Å²) in [6.07, 6.45) is 4.50. The highest BCUT2D eigenvalue weighted by Gasteiger charge is 2.20. The third-order valence-electron chi connectivity index (χ3n) is 2.76. The minimum Gasteiger partial charge on any atom is -0.465 e. The highest BCUT2D eigenvalue weighted by molar-refractivity contribution is 7.81. The number of rotatable bonds is 3. The molecule has 0 spiro atoms. The van der Waals surface area contributed by atoms with E-state index in [0.717, 1.165) is 12.1 Å². The van der Waals surface area contributed by atoms with E-state index in [-0.39, 0.29) is 5.69 Å². The minimum absolute atomic E-state index is 0.251. The fourth-order valence-electron chi connectivity index (χ4n) is 1.74. The Morgan fingerprint density at radius 1 is 1.35 bits per heavy atom. The molecule has 0 bridgehead atoms. The van der Waals surface area contributed by atoms with Gasteiger partial charge in [-0.3, -0.25) is 0 Å². The van der Waals surface area contributed by atoms with Crippen molar-refractivity contribution >= 4 is 28.7 Å². The molecule has 0 saturated heterocycles. The largest absolute Gasteiger partial charge is 0.465 e. The van der Waals surface area contributed by atoms with Crippen LogP contribution in [0.1, 0.15) is 0 Å². The predicted octanol–water partition coefficient (Wildman–Crippen LogP) is 2.78. The van der Waals surface area contributed by atoms with Crippen LogP contribution in [0.3, 0.4) is 0 Å². The second-order valence-electron chi connectivity index (χ2n) is 4.07. The number of hydrogen-bond donors (Lipinski definition) is 1. The zero-order valence-electron chi connectivity index (χ0n) is 10.5. The summed E-state index contributed by atoms with van der Waals surface area (Å²) in [5.74, 6) is -1.92. The first-order valence-electron chi connectivity index (χ1n) is 5.75. The standard InChI is InChI=1S/C14H11F2NO2S/c1-19-14(18)8-5-6-11(12(20)7-8)17-13-9(15)3-2-4-10(13)16/h2-7,11,17H,1H3. The van der Waals surface area contributed by atoms with Crippen LogP contribution in [0.25, 0.3) is 0 Å². The molecule has 1 aromatic carbocycles. The summed E-state index contributed by atoms with van der Waals surface area (Å²) in [5.41, 5.74) is 0.0453. The molecule has 1 unspecified atom stereocenters. The van der Waals surface area contributed by atoms with E-state index < -0.39 is 23.6 Å². The molecule has 1 aromatic rings. The van der Waals surface area contributed by atoms with Gasteiger partial charge in [0.25, 0.3) is 0 Å². The third-order valence-corrected chi connectivity index (χ3v) is 3.13. The number of esters is 1. The van der Waals surface area contributed by atoms with Crippen LogP contribution in [-0.4, -0.2) is 24.0 Å². The molecule has 20 heavy (non-hydrogen) atoms. The molecular weight excluding hydrogens is 284 g/mol. The zero-order chi connectivity index (χ0) is 14.7. The van der Waals surface area contributed by atoms with Crippen LogP contribution >= 0.6 is 12.2 Å². The summed E-state index contributed by atoms with van der Waals surface area (Å²) >= 11 is 5.11. The molecule has 1 N–H and O–H groups in total. The topological polar surface area (TPSA) is 38.3 Å². The first-order valence-corrected chi connectivity index (χ1v) is 6.16. The summed E-state index contributed by atoms with van der Waals surface area (Å²) < 4.78 is 31.6. The second kappa shape index (κ2) is 5.92. The van der Waals surface area contributed by atoms with E-state index in [9.17, 15) is 13.6 Å². The van der Waals surface area contributed by atoms with Gasteiger partial charge in [0.1, 0.15) is 17.3 Å². The lowest BCUT2D eigenvalue weighted by Gasteiger charge is -2.20. The van der Waals surface area contributed by atoms with Gasteiger partial charge in [0.2, 0.25) is 0 Å². The fraction of sp³-hybridized carbons (Fsp3) is 0.143. The summed E-state index contributed by atoms with van der Waals surface area (Å²) in [6.45, 7) is 0. The number of benzene rings is 1. The number of anilines is 1. The van der Waals surface area contributed by atoms with Gasteiger partial charge >= 0.3 is 5.97 Å². The number of methoxy groups -OCH3 is 1. The van der Waals surface area contributed by atoms with Crippen molar-refractivity contribution in [2.45, 2.75) is 6.04 Å². The van der Waals surface area contributed by atoms with Gasteiger partial charge in [-0.1, -0.05) is 24.4 Å². The normalized spacial score (nSPS) is 17.6. The molecule has 0 aliphatic heterocycles. The third kappa shape index (κ3) is 2.91. The maximum absolute atomic E-state index is 13.5. The van der Waals surface area contributed by atoms with Crippen LogP contribution in [0, 0.1) is 11.6 Å². The SMILES string of the molecule is COC(=O)C1=CC(=S)C(Nc2c(F)cccc2F)C=C1. The average molecular weight is 295 g/mol. The number of para-hydroxylation sites is 1. The Hall–Kier alpha value is -2.08. The van der Waals surface area contributed by atoms with E-state index in [2.05, 4.69) is 10.1 Å². The van der Waals surface area contributed by atoms with Gasteiger partial charge in [0.05, 0.1) is 18.7 Å². The number of nitrogens with one attached hydrogen (secondary N) is 1. The van der Waals surface area contributed by atoms with Crippen LogP contribution in [-0.2, 0) is 9.53 Å². The summed E-state index contributed by atoms with van der Waals surface area (Å²) in [7, 11) is 1.26. The van der Waals surface area contributed by atoms with Crippen LogP contribution in [0.2, 0.25) is 0 Å². The highest BCUT2D eigenvalue weighted by atomic mass is 32.1.